The van der Waals surface area contributed by atoms with Gasteiger partial charge >= 0.3 is 5.69 Å². The number of benzene rings is 2. The number of aromatic nitrogens is 2. The molecule has 0 N–H and O–H groups in total. The number of hydrogen-bond acceptors (Lipinski definition) is 4. The molecule has 0 saturated heterocycles. The third-order valence-electron chi connectivity index (χ3n) is 4.52. The van der Waals surface area contributed by atoms with E-state index in [4.69, 9.17) is 4.74 Å². The van der Waals surface area contributed by atoms with Gasteiger partial charge in [0.05, 0.1) is 11.9 Å². The van der Waals surface area contributed by atoms with Gasteiger partial charge < -0.3 is 15.2 Å². The van der Waals surface area contributed by atoms with Gasteiger partial charge in [0.15, 0.2) is 0 Å². The van der Waals surface area contributed by atoms with E-state index >= 15 is 0 Å². The highest BCUT2D eigenvalue weighted by molar-refractivity contribution is 9.08. The van der Waals surface area contributed by atoms with Crippen LogP contribution in [0.2, 0.25) is 0 Å². The lowest BCUT2D eigenvalue weighted by Crippen LogP contribution is -2.47. The number of ether oxygens (including phenoxy) is 1. The number of fused-ring (bicyclic) bond motifs is 1. The van der Waals surface area contributed by atoms with Crippen molar-refractivity contribution in [3.63, 3.8) is 0 Å². The van der Waals surface area contributed by atoms with E-state index in [2.05, 4.69) is 22.9 Å². The van der Waals surface area contributed by atoms with Crippen LogP contribution >= 0.6 is 15.9 Å². The quantitative estimate of drug-likeness (QED) is 0.174. The molecule has 1 heterocycles. The Balaban J connectivity index is 1.94. The van der Waals surface area contributed by atoms with Crippen LogP contribution in [0.25, 0.3) is 11.0 Å². The predicted molar refractivity (Wildman–Crippen MR) is 109 cm³/mol. The van der Waals surface area contributed by atoms with E-state index in [1.807, 2.05) is 0 Å². The molecular weight excluding hydrogens is 424 g/mol. The van der Waals surface area contributed by atoms with E-state index in [1.165, 1.54) is 6.07 Å². The Hall–Kier alpha value is -2.67. The number of carbonyl (C=O) groups is 1. The largest absolute Gasteiger partial charge is 0.618 e. The van der Waals surface area contributed by atoms with Gasteiger partial charge in [-0.25, -0.2) is 0 Å². The van der Waals surface area contributed by atoms with Crippen molar-refractivity contribution >= 4 is 32.7 Å². The number of unbranched alkanes of at least 4 members (excludes halogenated alkanes) is 2. The van der Waals surface area contributed by atoms with Crippen molar-refractivity contribution in [2.75, 3.05) is 6.61 Å². The predicted octanol–water partition coefficient (Wildman–Crippen LogP) is 3.80. The molecule has 0 saturated carbocycles. The molecule has 0 aliphatic carbocycles. The van der Waals surface area contributed by atoms with E-state index in [0.717, 1.165) is 19.3 Å². The summed E-state index contributed by atoms with van der Waals surface area (Å²) in [6.45, 7) is 2.75. The Morgan fingerprint density at radius 1 is 1.00 bits per heavy atom. The number of nitrogens with zero attached hydrogens (tertiary/aromatic N) is 2. The second-order valence-corrected chi connectivity index (χ2v) is 6.98. The molecule has 2 aromatic carbocycles. The number of alkyl halides is 1. The van der Waals surface area contributed by atoms with E-state index < -0.39 is 5.78 Å². The first-order valence-corrected chi connectivity index (χ1v) is 10.3. The fourth-order valence-corrected chi connectivity index (χ4v) is 3.50. The molecule has 0 radical (unpaired) electrons. The van der Waals surface area contributed by atoms with Gasteiger partial charge in [-0.15, -0.1) is 0 Å². The number of hydrogen-bond donors (Lipinski definition) is 0. The monoisotopic (exact) mass is 444 g/mol. The summed E-state index contributed by atoms with van der Waals surface area (Å²) in [5.74, 6) is 0.165. The van der Waals surface area contributed by atoms with Crippen molar-refractivity contribution in [1.29, 1.82) is 0 Å². The van der Waals surface area contributed by atoms with Crippen molar-refractivity contribution in [1.82, 2.24) is 0 Å². The SMILES string of the molecule is CCCCCOc1ccc(C(=O)c2c(CBr)[n+]([O-])c3ccccc3[n+]2[O-])cc1. The fraction of sp³-hybridized carbons (Fsp3) is 0.286. The fourth-order valence-electron chi connectivity index (χ4n) is 3.01. The zero-order chi connectivity index (χ0) is 20.1. The third-order valence-corrected chi connectivity index (χ3v) is 5.05. The highest BCUT2D eigenvalue weighted by atomic mass is 79.9. The molecule has 0 aliphatic rings. The van der Waals surface area contributed by atoms with Crippen LogP contribution in [0, 0.1) is 10.4 Å². The standard InChI is InChI=1S/C21H21BrN2O4/c1-2-3-6-13-28-16-11-9-15(10-12-16)21(25)20-19(14-22)23(26)17-7-4-5-8-18(17)24(20)27/h4-5,7-12H,2-3,6,13-14H2,1H3. The van der Waals surface area contributed by atoms with Crippen LogP contribution in [-0.2, 0) is 5.33 Å². The topological polar surface area (TPSA) is 80.2 Å². The highest BCUT2D eigenvalue weighted by Gasteiger charge is 2.33. The van der Waals surface area contributed by atoms with Gasteiger partial charge in [0, 0.05) is 17.7 Å². The first-order valence-electron chi connectivity index (χ1n) is 9.18. The number of halogens is 1. The summed E-state index contributed by atoms with van der Waals surface area (Å²) < 4.78 is 6.83. The average Bonchev–Trinajstić information content (AvgIpc) is 2.73. The number of carbonyl (C=O) groups excluding carboxylic acids is 1. The van der Waals surface area contributed by atoms with Crippen molar-refractivity contribution in [3.8, 4) is 5.75 Å². The second kappa shape index (κ2) is 9.01. The van der Waals surface area contributed by atoms with Crippen LogP contribution in [0.5, 0.6) is 5.75 Å². The van der Waals surface area contributed by atoms with Crippen LogP contribution in [0.3, 0.4) is 0 Å². The van der Waals surface area contributed by atoms with Crippen LogP contribution < -0.4 is 14.2 Å². The molecule has 0 atom stereocenters. The summed E-state index contributed by atoms with van der Waals surface area (Å²) in [5.41, 5.74) is 0.601. The second-order valence-electron chi connectivity index (χ2n) is 6.42. The zero-order valence-electron chi connectivity index (χ0n) is 15.6. The molecule has 1 aromatic heterocycles. The molecule has 0 bridgehead atoms. The van der Waals surface area contributed by atoms with Crippen molar-refractivity contribution in [2.24, 2.45) is 0 Å². The maximum atomic E-state index is 13.0. The van der Waals surface area contributed by atoms with E-state index in [1.54, 1.807) is 42.5 Å². The van der Waals surface area contributed by atoms with Gasteiger partial charge in [-0.2, -0.15) is 9.46 Å². The van der Waals surface area contributed by atoms with Crippen LogP contribution in [-0.4, -0.2) is 12.4 Å². The minimum absolute atomic E-state index is 0.0820. The van der Waals surface area contributed by atoms with Crippen LogP contribution in [0.1, 0.15) is 47.9 Å². The first kappa shape index (κ1) is 20.1. The highest BCUT2D eigenvalue weighted by Crippen LogP contribution is 2.18. The lowest BCUT2D eigenvalue weighted by Gasteiger charge is -2.11. The average molecular weight is 445 g/mol. The van der Waals surface area contributed by atoms with Crippen LogP contribution in [0.4, 0.5) is 0 Å². The minimum atomic E-state index is -0.502. The molecule has 0 spiro atoms. The van der Waals surface area contributed by atoms with Crippen molar-refractivity contribution in [2.45, 2.75) is 31.5 Å². The number of ketones is 1. The van der Waals surface area contributed by atoms with E-state index in [9.17, 15) is 15.2 Å². The minimum Gasteiger partial charge on any atom is -0.618 e. The number of rotatable bonds is 8. The smallest absolute Gasteiger partial charge is 0.335 e. The van der Waals surface area contributed by atoms with Gasteiger partial charge in [-0.05, 0) is 30.7 Å². The lowest BCUT2D eigenvalue weighted by molar-refractivity contribution is -0.635. The lowest BCUT2D eigenvalue weighted by atomic mass is 10.1. The molecule has 0 unspecified atom stereocenters. The Morgan fingerprint density at radius 3 is 2.25 bits per heavy atom. The Bertz CT molecular complexity index is 990. The molecule has 0 aliphatic heterocycles. The molecule has 6 nitrogen and oxygen atoms in total. The molecule has 3 rings (SSSR count). The molecular formula is C21H21BrN2O4. The van der Waals surface area contributed by atoms with E-state index in [-0.39, 0.29) is 27.8 Å². The molecule has 28 heavy (non-hydrogen) atoms. The van der Waals surface area contributed by atoms with Gasteiger partial charge in [0.1, 0.15) is 5.75 Å². The molecule has 146 valence electrons. The Labute approximate surface area is 171 Å². The van der Waals surface area contributed by atoms with Crippen molar-refractivity contribution in [3.05, 3.63) is 75.9 Å². The summed E-state index contributed by atoms with van der Waals surface area (Å²) in [5, 5.41) is 25.6. The molecule has 0 amide bonds. The Kier molecular flexibility index (Phi) is 6.46. The Morgan fingerprint density at radius 2 is 1.64 bits per heavy atom. The van der Waals surface area contributed by atoms with Gasteiger partial charge in [-0.3, -0.25) is 4.79 Å². The van der Waals surface area contributed by atoms with Gasteiger partial charge in [-0.1, -0.05) is 47.8 Å². The molecule has 3 aromatic rings. The third kappa shape index (κ3) is 3.94. The van der Waals surface area contributed by atoms with Gasteiger partial charge in [0.25, 0.3) is 22.5 Å². The summed E-state index contributed by atoms with van der Waals surface area (Å²) in [6, 6.07) is 13.0. The molecule has 7 heteroatoms. The maximum Gasteiger partial charge on any atom is 0.335 e. The van der Waals surface area contributed by atoms with Crippen LogP contribution in [0.15, 0.2) is 48.5 Å². The zero-order valence-corrected chi connectivity index (χ0v) is 17.1. The summed E-state index contributed by atoms with van der Waals surface area (Å²) >= 11 is 3.23. The normalized spacial score (nSPS) is 10.9. The number of para-hydroxylation sites is 2. The summed E-state index contributed by atoms with van der Waals surface area (Å²) in [6.07, 6.45) is 3.20. The van der Waals surface area contributed by atoms with Crippen molar-refractivity contribution < 1.29 is 19.0 Å². The van der Waals surface area contributed by atoms with Gasteiger partial charge in [0.2, 0.25) is 0 Å². The van der Waals surface area contributed by atoms with E-state index in [0.29, 0.717) is 27.4 Å². The summed E-state index contributed by atoms with van der Waals surface area (Å²) in [7, 11) is 0. The summed E-state index contributed by atoms with van der Waals surface area (Å²) in [4.78, 5) is 13.0. The molecule has 0 fully saturated rings. The maximum absolute atomic E-state index is 13.0. The first-order chi connectivity index (χ1) is 13.6.